The van der Waals surface area contributed by atoms with Crippen molar-refractivity contribution in [2.24, 2.45) is 0 Å². The molecule has 0 aliphatic carbocycles. The van der Waals surface area contributed by atoms with Crippen LogP contribution in [-0.2, 0) is 0 Å². The van der Waals surface area contributed by atoms with Gasteiger partial charge in [0.05, 0.1) is 10.5 Å². The van der Waals surface area contributed by atoms with E-state index in [0.29, 0.717) is 11.4 Å². The van der Waals surface area contributed by atoms with Gasteiger partial charge in [0, 0.05) is 16.8 Å². The number of aromatic carboxylic acids is 1. The van der Waals surface area contributed by atoms with Crippen LogP contribution in [0.1, 0.15) is 16.1 Å². The van der Waals surface area contributed by atoms with Gasteiger partial charge in [0.2, 0.25) is 0 Å². The van der Waals surface area contributed by atoms with Gasteiger partial charge in [-0.15, -0.1) is 0 Å². The summed E-state index contributed by atoms with van der Waals surface area (Å²) in [6.45, 7) is 1.89. The Morgan fingerprint density at radius 1 is 1.27 bits per heavy atom. The average Bonchev–Trinajstić information content (AvgIpc) is 2.92. The first-order chi connectivity index (χ1) is 10.5. The Morgan fingerprint density at radius 3 is 2.73 bits per heavy atom. The number of carboxylic acids is 1. The number of aromatic nitrogens is 1. The van der Waals surface area contributed by atoms with Crippen molar-refractivity contribution in [1.82, 2.24) is 4.98 Å². The van der Waals surface area contributed by atoms with E-state index in [1.165, 1.54) is 12.1 Å². The van der Waals surface area contributed by atoms with E-state index in [9.17, 15) is 9.18 Å². The fourth-order valence-corrected chi connectivity index (χ4v) is 2.49. The van der Waals surface area contributed by atoms with Crippen LogP contribution in [0.2, 0.25) is 5.02 Å². The van der Waals surface area contributed by atoms with Gasteiger partial charge in [0.15, 0.2) is 0 Å². The number of carbonyl (C=O) groups is 1. The molecule has 0 spiro atoms. The van der Waals surface area contributed by atoms with E-state index in [0.717, 1.165) is 16.5 Å². The summed E-state index contributed by atoms with van der Waals surface area (Å²) in [7, 11) is 0. The first-order valence-corrected chi connectivity index (χ1v) is 6.91. The summed E-state index contributed by atoms with van der Waals surface area (Å²) < 4.78 is 13.2. The van der Waals surface area contributed by atoms with Crippen LogP contribution in [0.25, 0.3) is 10.9 Å². The third kappa shape index (κ3) is 2.51. The average molecular weight is 319 g/mol. The Kier molecular flexibility index (Phi) is 3.50. The summed E-state index contributed by atoms with van der Waals surface area (Å²) in [5, 5.41) is 13.0. The second kappa shape index (κ2) is 5.35. The molecule has 0 atom stereocenters. The molecule has 0 unspecified atom stereocenters. The number of fused-ring (bicyclic) bond motifs is 1. The number of H-pyrrole nitrogens is 1. The number of hydrogen-bond donors (Lipinski definition) is 3. The first kappa shape index (κ1) is 14.4. The number of nitrogens with one attached hydrogen (secondary N) is 2. The molecule has 0 saturated heterocycles. The predicted octanol–water partition coefficient (Wildman–Crippen LogP) is 4.71. The van der Waals surface area contributed by atoms with E-state index in [-0.39, 0.29) is 10.7 Å². The van der Waals surface area contributed by atoms with Crippen LogP contribution in [0, 0.1) is 12.7 Å². The molecule has 1 heterocycles. The van der Waals surface area contributed by atoms with E-state index >= 15 is 0 Å². The van der Waals surface area contributed by atoms with Gasteiger partial charge in [-0.3, -0.25) is 0 Å². The molecule has 0 bridgehead atoms. The maximum Gasteiger partial charge on any atom is 0.352 e. The third-order valence-electron chi connectivity index (χ3n) is 3.43. The molecule has 0 amide bonds. The van der Waals surface area contributed by atoms with Crippen molar-refractivity contribution in [2.75, 3.05) is 5.32 Å². The summed E-state index contributed by atoms with van der Waals surface area (Å²) in [4.78, 5) is 14.0. The lowest BCUT2D eigenvalue weighted by Gasteiger charge is -2.09. The van der Waals surface area contributed by atoms with Crippen LogP contribution >= 0.6 is 11.6 Å². The van der Waals surface area contributed by atoms with Gasteiger partial charge in [0.25, 0.3) is 0 Å². The lowest BCUT2D eigenvalue weighted by molar-refractivity contribution is 0.0691. The van der Waals surface area contributed by atoms with Crippen molar-refractivity contribution < 1.29 is 14.3 Å². The summed E-state index contributed by atoms with van der Waals surface area (Å²) in [5.74, 6) is -1.51. The van der Waals surface area contributed by atoms with Gasteiger partial charge in [-0.25, -0.2) is 9.18 Å². The highest BCUT2D eigenvalue weighted by molar-refractivity contribution is 6.31. The van der Waals surface area contributed by atoms with Crippen molar-refractivity contribution in [3.63, 3.8) is 0 Å². The van der Waals surface area contributed by atoms with Crippen molar-refractivity contribution in [2.45, 2.75) is 6.92 Å². The van der Waals surface area contributed by atoms with Crippen molar-refractivity contribution >= 4 is 39.8 Å². The highest BCUT2D eigenvalue weighted by atomic mass is 35.5. The zero-order valence-corrected chi connectivity index (χ0v) is 12.3. The highest BCUT2D eigenvalue weighted by Gasteiger charge is 2.12. The fraction of sp³-hybridized carbons (Fsp3) is 0.0625. The lowest BCUT2D eigenvalue weighted by Crippen LogP contribution is -1.94. The van der Waals surface area contributed by atoms with E-state index in [4.69, 9.17) is 16.7 Å². The van der Waals surface area contributed by atoms with Crippen molar-refractivity contribution in [1.29, 1.82) is 0 Å². The Balaban J connectivity index is 2.08. The molecular formula is C16H12ClFN2O2. The molecule has 112 valence electrons. The second-order valence-electron chi connectivity index (χ2n) is 4.96. The summed E-state index contributed by atoms with van der Waals surface area (Å²) in [6.07, 6.45) is 0. The number of halogens is 2. The normalized spacial score (nSPS) is 10.9. The molecule has 3 N–H and O–H groups in total. The zero-order valence-electron chi connectivity index (χ0n) is 11.6. The lowest BCUT2D eigenvalue weighted by atomic mass is 10.1. The number of aryl methyl sites for hydroxylation is 1. The van der Waals surface area contributed by atoms with Crippen LogP contribution in [0.3, 0.4) is 0 Å². The number of carboxylic acid groups (broad SMARTS) is 1. The predicted molar refractivity (Wildman–Crippen MR) is 84.7 cm³/mol. The Bertz CT molecular complexity index is 889. The molecule has 4 nitrogen and oxygen atoms in total. The minimum Gasteiger partial charge on any atom is -0.477 e. The molecule has 3 rings (SSSR count). The van der Waals surface area contributed by atoms with Gasteiger partial charge in [-0.1, -0.05) is 17.7 Å². The Morgan fingerprint density at radius 2 is 2.05 bits per heavy atom. The highest BCUT2D eigenvalue weighted by Crippen LogP contribution is 2.30. The molecule has 3 aromatic rings. The molecule has 22 heavy (non-hydrogen) atoms. The minimum atomic E-state index is -1.02. The van der Waals surface area contributed by atoms with Crippen LogP contribution in [0.15, 0.2) is 36.4 Å². The number of aromatic amines is 1. The monoisotopic (exact) mass is 318 g/mol. The third-order valence-corrected chi connectivity index (χ3v) is 3.72. The molecule has 2 aromatic carbocycles. The van der Waals surface area contributed by atoms with E-state index in [1.807, 2.05) is 19.1 Å². The topological polar surface area (TPSA) is 65.1 Å². The quantitative estimate of drug-likeness (QED) is 0.655. The minimum absolute atomic E-state index is 0.0219. The largest absolute Gasteiger partial charge is 0.477 e. The standard InChI is InChI=1S/C16H12ClFN2O2/c1-8-2-5-13(10-7-14(16(21)22)20-15(8)10)19-9-3-4-12(18)11(17)6-9/h2-7,19-20H,1H3,(H,21,22). The number of rotatable bonds is 3. The molecule has 0 aliphatic heterocycles. The van der Waals surface area contributed by atoms with Gasteiger partial charge in [-0.05, 0) is 42.8 Å². The van der Waals surface area contributed by atoms with Gasteiger partial charge in [0.1, 0.15) is 11.5 Å². The zero-order chi connectivity index (χ0) is 15.9. The summed E-state index contributed by atoms with van der Waals surface area (Å²) >= 11 is 5.77. The molecule has 0 radical (unpaired) electrons. The molecule has 0 saturated carbocycles. The van der Waals surface area contributed by atoms with Crippen molar-refractivity contribution in [3.05, 3.63) is 58.5 Å². The van der Waals surface area contributed by atoms with Gasteiger partial charge >= 0.3 is 5.97 Å². The van der Waals surface area contributed by atoms with Crippen LogP contribution < -0.4 is 5.32 Å². The fourth-order valence-electron chi connectivity index (χ4n) is 2.31. The number of anilines is 2. The first-order valence-electron chi connectivity index (χ1n) is 6.53. The molecule has 0 fully saturated rings. The molecule has 6 heteroatoms. The maximum atomic E-state index is 13.2. The molecule has 0 aliphatic rings. The molecule has 1 aromatic heterocycles. The van der Waals surface area contributed by atoms with Gasteiger partial charge in [-0.2, -0.15) is 0 Å². The SMILES string of the molecule is Cc1ccc(Nc2ccc(F)c(Cl)c2)c2cc(C(=O)O)[nH]c12. The van der Waals surface area contributed by atoms with Crippen LogP contribution in [0.5, 0.6) is 0 Å². The number of hydrogen-bond acceptors (Lipinski definition) is 2. The Labute approximate surface area is 130 Å². The van der Waals surface area contributed by atoms with E-state index in [2.05, 4.69) is 10.3 Å². The van der Waals surface area contributed by atoms with Crippen LogP contribution in [-0.4, -0.2) is 16.1 Å². The smallest absolute Gasteiger partial charge is 0.352 e. The summed E-state index contributed by atoms with van der Waals surface area (Å²) in [5.41, 5.74) is 3.13. The van der Waals surface area contributed by atoms with Gasteiger partial charge < -0.3 is 15.4 Å². The van der Waals surface area contributed by atoms with E-state index < -0.39 is 11.8 Å². The second-order valence-corrected chi connectivity index (χ2v) is 5.37. The summed E-state index contributed by atoms with van der Waals surface area (Å²) in [6, 6.07) is 9.60. The Hall–Kier alpha value is -2.53. The van der Waals surface area contributed by atoms with E-state index in [1.54, 1.807) is 12.1 Å². The maximum absolute atomic E-state index is 13.2. The van der Waals surface area contributed by atoms with Crippen molar-refractivity contribution in [3.8, 4) is 0 Å². The van der Waals surface area contributed by atoms with Crippen LogP contribution in [0.4, 0.5) is 15.8 Å². The molecular weight excluding hydrogens is 307 g/mol. The number of benzene rings is 2.